The highest BCUT2D eigenvalue weighted by atomic mass is 79.9. The lowest BCUT2D eigenvalue weighted by Gasteiger charge is -2.26. The summed E-state index contributed by atoms with van der Waals surface area (Å²) in [6.45, 7) is 3.78. The Labute approximate surface area is 144 Å². The lowest BCUT2D eigenvalue weighted by Crippen LogP contribution is -2.31. The van der Waals surface area contributed by atoms with Gasteiger partial charge in [0.15, 0.2) is 11.5 Å². The molecule has 1 aromatic heterocycles. The Morgan fingerprint density at radius 2 is 1.91 bits per heavy atom. The average Bonchev–Trinajstić information content (AvgIpc) is 2.57. The number of halogens is 1. The van der Waals surface area contributed by atoms with Crippen molar-refractivity contribution in [3.05, 3.63) is 28.5 Å². The zero-order valence-electron chi connectivity index (χ0n) is 13.2. The number of hydrogen-bond acceptors (Lipinski definition) is 6. The van der Waals surface area contributed by atoms with E-state index in [4.69, 9.17) is 9.47 Å². The molecule has 121 valence electrons. The van der Waals surface area contributed by atoms with Gasteiger partial charge in [0, 0.05) is 13.1 Å². The molecule has 1 aromatic carbocycles. The van der Waals surface area contributed by atoms with Gasteiger partial charge < -0.3 is 14.4 Å². The highest BCUT2D eigenvalue weighted by Crippen LogP contribution is 2.37. The van der Waals surface area contributed by atoms with E-state index in [1.54, 1.807) is 19.2 Å². The van der Waals surface area contributed by atoms with Gasteiger partial charge >= 0.3 is 6.01 Å². The van der Waals surface area contributed by atoms with E-state index in [0.29, 0.717) is 23.3 Å². The normalized spacial score (nSPS) is 14.7. The van der Waals surface area contributed by atoms with E-state index in [2.05, 4.69) is 41.8 Å². The first-order valence-electron chi connectivity index (χ1n) is 7.56. The quantitative estimate of drug-likeness (QED) is 0.811. The summed E-state index contributed by atoms with van der Waals surface area (Å²) in [6.07, 6.45) is 3.58. The van der Waals surface area contributed by atoms with E-state index in [-0.39, 0.29) is 6.01 Å². The number of aryl methyl sites for hydroxylation is 1. The molecular formula is C16H18BrN4O2. The van der Waals surface area contributed by atoms with Crippen LogP contribution in [-0.2, 0) is 0 Å². The second kappa shape index (κ2) is 7.12. The van der Waals surface area contributed by atoms with E-state index in [1.165, 1.54) is 6.42 Å². The highest BCUT2D eigenvalue weighted by molar-refractivity contribution is 9.10. The van der Waals surface area contributed by atoms with Crippen molar-refractivity contribution in [1.29, 1.82) is 0 Å². The van der Waals surface area contributed by atoms with Crippen molar-refractivity contribution in [2.24, 2.45) is 0 Å². The molecule has 0 atom stereocenters. The molecule has 0 amide bonds. The van der Waals surface area contributed by atoms with Gasteiger partial charge in [-0.1, -0.05) is 0 Å². The summed E-state index contributed by atoms with van der Waals surface area (Å²) in [4.78, 5) is 15.4. The lowest BCUT2D eigenvalue weighted by atomic mass is 10.1. The molecule has 2 heterocycles. The molecule has 1 aliphatic heterocycles. The van der Waals surface area contributed by atoms with Crippen LogP contribution in [0.15, 0.2) is 16.6 Å². The summed E-state index contributed by atoms with van der Waals surface area (Å²) in [5.41, 5.74) is 0. The molecule has 3 rings (SSSR count). The Balaban J connectivity index is 1.90. The molecule has 7 heteroatoms. The van der Waals surface area contributed by atoms with Crippen LogP contribution in [0.3, 0.4) is 0 Å². The first-order valence-corrected chi connectivity index (χ1v) is 8.36. The van der Waals surface area contributed by atoms with Crippen molar-refractivity contribution in [3.63, 3.8) is 0 Å². The maximum absolute atomic E-state index is 5.86. The smallest absolute Gasteiger partial charge is 0.327 e. The van der Waals surface area contributed by atoms with Crippen LogP contribution in [0, 0.1) is 13.0 Å². The summed E-state index contributed by atoms with van der Waals surface area (Å²) >= 11 is 3.44. The Hall–Kier alpha value is -1.89. The minimum absolute atomic E-state index is 0.267. The fourth-order valence-electron chi connectivity index (χ4n) is 2.51. The van der Waals surface area contributed by atoms with Gasteiger partial charge in [-0.05, 0) is 60.3 Å². The highest BCUT2D eigenvalue weighted by Gasteiger charge is 2.17. The maximum atomic E-state index is 5.86. The van der Waals surface area contributed by atoms with Crippen LogP contribution >= 0.6 is 15.9 Å². The molecule has 0 aliphatic carbocycles. The molecule has 23 heavy (non-hydrogen) atoms. The Bertz CT molecular complexity index is 690. The van der Waals surface area contributed by atoms with Crippen molar-refractivity contribution in [3.8, 4) is 17.5 Å². The van der Waals surface area contributed by atoms with Crippen LogP contribution < -0.4 is 14.4 Å². The third kappa shape index (κ3) is 3.72. The van der Waals surface area contributed by atoms with Crippen LogP contribution in [-0.4, -0.2) is 35.2 Å². The number of rotatable bonds is 4. The van der Waals surface area contributed by atoms with Gasteiger partial charge in [-0.25, -0.2) is 0 Å². The Morgan fingerprint density at radius 1 is 1.13 bits per heavy atom. The topological polar surface area (TPSA) is 60.4 Å². The molecule has 0 saturated carbocycles. The maximum Gasteiger partial charge on any atom is 0.327 e. The van der Waals surface area contributed by atoms with Crippen molar-refractivity contribution < 1.29 is 9.47 Å². The molecule has 1 saturated heterocycles. The summed E-state index contributed by atoms with van der Waals surface area (Å²) in [7, 11) is 1.58. The summed E-state index contributed by atoms with van der Waals surface area (Å²) in [5, 5.41) is 0. The minimum atomic E-state index is 0.267. The van der Waals surface area contributed by atoms with Crippen molar-refractivity contribution in [2.45, 2.75) is 26.2 Å². The number of nitrogens with zero attached hydrogens (tertiary/aromatic N) is 4. The average molecular weight is 378 g/mol. The first-order chi connectivity index (χ1) is 11.2. The lowest BCUT2D eigenvalue weighted by molar-refractivity contribution is 0.365. The molecule has 1 radical (unpaired) electrons. The molecular weight excluding hydrogens is 360 g/mol. The van der Waals surface area contributed by atoms with Crippen LogP contribution in [0.2, 0.25) is 0 Å². The predicted molar refractivity (Wildman–Crippen MR) is 90.2 cm³/mol. The van der Waals surface area contributed by atoms with Crippen molar-refractivity contribution in [1.82, 2.24) is 15.0 Å². The number of piperidine rings is 1. The van der Waals surface area contributed by atoms with Gasteiger partial charge in [-0.2, -0.15) is 15.0 Å². The summed E-state index contributed by atoms with van der Waals surface area (Å²) < 4.78 is 11.9. The van der Waals surface area contributed by atoms with Gasteiger partial charge in [0.25, 0.3) is 0 Å². The number of anilines is 1. The molecule has 0 N–H and O–H groups in total. The largest absolute Gasteiger partial charge is 0.493 e. The fraction of sp³-hybridized carbons (Fsp3) is 0.438. The SMILES string of the molecule is COc1c[c]cc(Br)c1Oc1nc(C)nc(N2CCCCC2)n1. The second-order valence-electron chi connectivity index (χ2n) is 5.32. The molecule has 1 fully saturated rings. The number of hydrogen-bond donors (Lipinski definition) is 0. The van der Waals surface area contributed by atoms with E-state index in [0.717, 1.165) is 30.4 Å². The number of methoxy groups -OCH3 is 1. The molecule has 0 unspecified atom stereocenters. The van der Waals surface area contributed by atoms with Crippen LogP contribution in [0.5, 0.6) is 17.5 Å². The zero-order chi connectivity index (χ0) is 16.2. The zero-order valence-corrected chi connectivity index (χ0v) is 14.8. The van der Waals surface area contributed by atoms with E-state index in [1.807, 2.05) is 6.92 Å². The van der Waals surface area contributed by atoms with E-state index in [9.17, 15) is 0 Å². The molecule has 0 spiro atoms. The Morgan fingerprint density at radius 3 is 2.65 bits per heavy atom. The van der Waals surface area contributed by atoms with E-state index < -0.39 is 0 Å². The Kier molecular flexibility index (Phi) is 4.95. The second-order valence-corrected chi connectivity index (χ2v) is 6.17. The van der Waals surface area contributed by atoms with Gasteiger partial charge in [0.2, 0.25) is 5.95 Å². The summed E-state index contributed by atoms with van der Waals surface area (Å²) in [6, 6.07) is 6.70. The monoisotopic (exact) mass is 377 g/mol. The fourth-order valence-corrected chi connectivity index (χ4v) is 2.91. The number of benzene rings is 1. The predicted octanol–water partition coefficient (Wildman–Crippen LogP) is 3.53. The van der Waals surface area contributed by atoms with Crippen LogP contribution in [0.4, 0.5) is 5.95 Å². The molecule has 6 nitrogen and oxygen atoms in total. The third-order valence-corrected chi connectivity index (χ3v) is 4.22. The minimum Gasteiger partial charge on any atom is -0.493 e. The summed E-state index contributed by atoms with van der Waals surface area (Å²) in [5.74, 6) is 2.40. The van der Waals surface area contributed by atoms with Gasteiger partial charge in [0.1, 0.15) is 5.82 Å². The molecule has 0 bridgehead atoms. The van der Waals surface area contributed by atoms with E-state index >= 15 is 0 Å². The third-order valence-electron chi connectivity index (χ3n) is 3.63. The van der Waals surface area contributed by atoms with Crippen LogP contribution in [0.1, 0.15) is 25.1 Å². The number of ether oxygens (including phenoxy) is 2. The molecule has 1 aliphatic rings. The van der Waals surface area contributed by atoms with Gasteiger partial charge in [-0.3, -0.25) is 0 Å². The van der Waals surface area contributed by atoms with Gasteiger partial charge in [0.05, 0.1) is 11.6 Å². The van der Waals surface area contributed by atoms with Crippen LogP contribution in [0.25, 0.3) is 0 Å². The van der Waals surface area contributed by atoms with Crippen molar-refractivity contribution >= 4 is 21.9 Å². The van der Waals surface area contributed by atoms with Crippen molar-refractivity contribution in [2.75, 3.05) is 25.1 Å². The first kappa shape index (κ1) is 16.0. The van der Waals surface area contributed by atoms with Gasteiger partial charge in [-0.15, -0.1) is 0 Å². The number of aromatic nitrogens is 3. The molecule has 2 aromatic rings. The standard InChI is InChI=1S/C16H18BrN4O2/c1-11-18-15(21-9-4-3-5-10-21)20-16(19-11)23-14-12(17)7-6-8-13(14)22-2/h7-8H,3-5,9-10H2,1-2H3.